The summed E-state index contributed by atoms with van der Waals surface area (Å²) in [6, 6.07) is 11.4. The van der Waals surface area contributed by atoms with E-state index in [1.165, 1.54) is 12.1 Å². The van der Waals surface area contributed by atoms with E-state index in [0.29, 0.717) is 24.5 Å². The maximum atomic E-state index is 13.2. The Bertz CT molecular complexity index is 959. The van der Waals surface area contributed by atoms with Crippen molar-refractivity contribution < 1.29 is 22.7 Å². The van der Waals surface area contributed by atoms with Gasteiger partial charge in [-0.25, -0.2) is 4.79 Å². The minimum Gasteiger partial charge on any atom is -0.463 e. The standard InChI is InChI=1S/C25H33F3N4O2/c1-3-34-24(33)22(17(2)32-21-9-7-8-19(16-21)25(26,27)28)23(31-15-6-4-5-14-29)18-10-12-20(30)13-11-18/h7-13,16,23,31-32H,3-6,14-15,29-30H2,1-2H3/b22-17+/t23-/m1/s1. The molecule has 0 fully saturated rings. The van der Waals surface area contributed by atoms with Crippen molar-refractivity contribution in [1.29, 1.82) is 0 Å². The summed E-state index contributed by atoms with van der Waals surface area (Å²) in [4.78, 5) is 13.0. The summed E-state index contributed by atoms with van der Waals surface area (Å²) >= 11 is 0. The van der Waals surface area contributed by atoms with E-state index in [1.807, 2.05) is 12.1 Å². The smallest absolute Gasteiger partial charge is 0.416 e. The van der Waals surface area contributed by atoms with Crippen molar-refractivity contribution >= 4 is 17.3 Å². The molecule has 0 saturated heterocycles. The summed E-state index contributed by atoms with van der Waals surface area (Å²) < 4.78 is 44.8. The number of carbonyl (C=O) groups excluding carboxylic acids is 1. The summed E-state index contributed by atoms with van der Waals surface area (Å²) in [6.45, 7) is 4.71. The summed E-state index contributed by atoms with van der Waals surface area (Å²) in [7, 11) is 0. The van der Waals surface area contributed by atoms with Crippen LogP contribution >= 0.6 is 0 Å². The number of hydrogen-bond acceptors (Lipinski definition) is 6. The summed E-state index contributed by atoms with van der Waals surface area (Å²) in [5, 5.41) is 6.36. The van der Waals surface area contributed by atoms with E-state index in [0.717, 1.165) is 37.0 Å². The van der Waals surface area contributed by atoms with Gasteiger partial charge in [0.15, 0.2) is 0 Å². The van der Waals surface area contributed by atoms with Crippen LogP contribution < -0.4 is 22.1 Å². The predicted octanol–water partition coefficient (Wildman–Crippen LogP) is 5.00. The number of benzene rings is 2. The highest BCUT2D eigenvalue weighted by Gasteiger charge is 2.31. The highest BCUT2D eigenvalue weighted by Crippen LogP contribution is 2.32. The lowest BCUT2D eigenvalue weighted by atomic mass is 9.96. The third kappa shape index (κ3) is 8.07. The number of nitrogen functional groups attached to an aromatic ring is 1. The molecule has 2 aromatic rings. The third-order valence-electron chi connectivity index (χ3n) is 5.21. The zero-order chi connectivity index (χ0) is 25.1. The van der Waals surface area contributed by atoms with Gasteiger partial charge in [-0.15, -0.1) is 0 Å². The van der Waals surface area contributed by atoms with Gasteiger partial charge in [0, 0.05) is 17.1 Å². The molecule has 0 amide bonds. The van der Waals surface area contributed by atoms with Crippen LogP contribution in [0.1, 0.15) is 50.3 Å². The SMILES string of the molecule is CCOC(=O)/C(=C(\C)Nc1cccc(C(F)(F)F)c1)[C@H](NCCCCCN)c1ccc(N)cc1. The molecular formula is C25H33F3N4O2. The summed E-state index contributed by atoms with van der Waals surface area (Å²) in [5.74, 6) is -0.559. The number of unbranched alkanes of at least 4 members (excludes halogenated alkanes) is 2. The van der Waals surface area contributed by atoms with Crippen molar-refractivity contribution in [1.82, 2.24) is 5.32 Å². The van der Waals surface area contributed by atoms with Crippen LogP contribution in [-0.4, -0.2) is 25.7 Å². The van der Waals surface area contributed by atoms with Crippen LogP contribution in [0.4, 0.5) is 24.5 Å². The van der Waals surface area contributed by atoms with Gasteiger partial charge < -0.3 is 26.8 Å². The molecule has 6 N–H and O–H groups in total. The van der Waals surface area contributed by atoms with Crippen LogP contribution in [-0.2, 0) is 15.7 Å². The maximum Gasteiger partial charge on any atom is 0.416 e. The van der Waals surface area contributed by atoms with E-state index >= 15 is 0 Å². The highest BCUT2D eigenvalue weighted by atomic mass is 19.4. The third-order valence-corrected chi connectivity index (χ3v) is 5.21. The van der Waals surface area contributed by atoms with Gasteiger partial charge >= 0.3 is 12.1 Å². The van der Waals surface area contributed by atoms with Gasteiger partial charge in [-0.05, 0) is 75.7 Å². The Labute approximate surface area is 198 Å². The first-order valence-corrected chi connectivity index (χ1v) is 11.3. The van der Waals surface area contributed by atoms with Crippen molar-refractivity contribution in [2.75, 3.05) is 30.7 Å². The molecule has 0 unspecified atom stereocenters. The number of rotatable bonds is 12. The lowest BCUT2D eigenvalue weighted by Gasteiger charge is -2.24. The van der Waals surface area contributed by atoms with Crippen LogP contribution in [0.3, 0.4) is 0 Å². The van der Waals surface area contributed by atoms with Crippen LogP contribution in [0.25, 0.3) is 0 Å². The average molecular weight is 479 g/mol. The average Bonchev–Trinajstić information content (AvgIpc) is 2.78. The molecular weight excluding hydrogens is 445 g/mol. The van der Waals surface area contributed by atoms with E-state index in [9.17, 15) is 18.0 Å². The molecule has 0 saturated carbocycles. The fourth-order valence-electron chi connectivity index (χ4n) is 3.52. The fourth-order valence-corrected chi connectivity index (χ4v) is 3.52. The molecule has 0 spiro atoms. The zero-order valence-electron chi connectivity index (χ0n) is 19.5. The van der Waals surface area contributed by atoms with Gasteiger partial charge in [-0.2, -0.15) is 13.2 Å². The van der Waals surface area contributed by atoms with Gasteiger partial charge in [-0.1, -0.05) is 24.6 Å². The first-order chi connectivity index (χ1) is 16.2. The minimum atomic E-state index is -4.48. The van der Waals surface area contributed by atoms with Gasteiger partial charge in [-0.3, -0.25) is 0 Å². The molecule has 0 radical (unpaired) electrons. The summed E-state index contributed by atoms with van der Waals surface area (Å²) in [6.07, 6.45) is -1.81. The molecule has 0 aliphatic rings. The molecule has 0 bridgehead atoms. The largest absolute Gasteiger partial charge is 0.463 e. The molecule has 0 aliphatic heterocycles. The lowest BCUT2D eigenvalue weighted by molar-refractivity contribution is -0.139. The summed E-state index contributed by atoms with van der Waals surface area (Å²) in [5.41, 5.74) is 12.9. The van der Waals surface area contributed by atoms with Gasteiger partial charge in [0.1, 0.15) is 0 Å². The van der Waals surface area contributed by atoms with E-state index in [-0.39, 0.29) is 17.9 Å². The Morgan fingerprint density at radius 3 is 2.41 bits per heavy atom. The normalized spacial score (nSPS) is 13.2. The Balaban J connectivity index is 2.45. The maximum absolute atomic E-state index is 13.2. The second-order valence-electron chi connectivity index (χ2n) is 7.87. The minimum absolute atomic E-state index is 0.157. The molecule has 2 rings (SSSR count). The number of anilines is 2. The van der Waals surface area contributed by atoms with Crippen LogP contribution in [0.2, 0.25) is 0 Å². The topological polar surface area (TPSA) is 102 Å². The highest BCUT2D eigenvalue weighted by molar-refractivity contribution is 5.91. The van der Waals surface area contributed by atoms with Crippen LogP contribution in [0.5, 0.6) is 0 Å². The number of nitrogens with two attached hydrogens (primary N) is 2. The Kier molecular flexibility index (Phi) is 10.4. The first-order valence-electron chi connectivity index (χ1n) is 11.3. The zero-order valence-corrected chi connectivity index (χ0v) is 19.5. The van der Waals surface area contributed by atoms with E-state index < -0.39 is 23.8 Å². The number of hydrogen-bond donors (Lipinski definition) is 4. The first kappa shape index (κ1) is 27.2. The van der Waals surface area contributed by atoms with Gasteiger partial charge in [0.2, 0.25) is 0 Å². The molecule has 34 heavy (non-hydrogen) atoms. The second-order valence-corrected chi connectivity index (χ2v) is 7.87. The Morgan fingerprint density at radius 2 is 1.79 bits per heavy atom. The van der Waals surface area contributed by atoms with Crippen molar-refractivity contribution in [3.63, 3.8) is 0 Å². The van der Waals surface area contributed by atoms with Crippen molar-refractivity contribution in [3.05, 3.63) is 70.9 Å². The van der Waals surface area contributed by atoms with E-state index in [2.05, 4.69) is 10.6 Å². The van der Waals surface area contributed by atoms with Crippen molar-refractivity contribution in [3.8, 4) is 0 Å². The number of allylic oxidation sites excluding steroid dienone is 1. The van der Waals surface area contributed by atoms with E-state index in [4.69, 9.17) is 16.2 Å². The number of nitrogens with one attached hydrogen (secondary N) is 2. The number of alkyl halides is 3. The Hall–Kier alpha value is -3.04. The number of halogens is 3. The quantitative estimate of drug-likeness (QED) is 0.148. The number of carbonyl (C=O) groups is 1. The fraction of sp³-hybridized carbons (Fsp3) is 0.400. The second kappa shape index (κ2) is 13.0. The molecule has 0 aliphatic carbocycles. The van der Waals surface area contributed by atoms with E-state index in [1.54, 1.807) is 26.0 Å². The monoisotopic (exact) mass is 478 g/mol. The lowest BCUT2D eigenvalue weighted by Crippen LogP contribution is -2.30. The molecule has 9 heteroatoms. The van der Waals surface area contributed by atoms with Crippen LogP contribution in [0.15, 0.2) is 59.8 Å². The van der Waals surface area contributed by atoms with Crippen LogP contribution in [0, 0.1) is 0 Å². The number of ether oxygens (including phenoxy) is 1. The Morgan fingerprint density at radius 1 is 1.09 bits per heavy atom. The van der Waals surface area contributed by atoms with Gasteiger partial charge in [0.25, 0.3) is 0 Å². The van der Waals surface area contributed by atoms with Crippen molar-refractivity contribution in [2.45, 2.75) is 45.3 Å². The molecule has 2 aromatic carbocycles. The number of esters is 1. The molecule has 1 atom stereocenters. The molecule has 6 nitrogen and oxygen atoms in total. The molecule has 0 aromatic heterocycles. The predicted molar refractivity (Wildman–Crippen MR) is 129 cm³/mol. The molecule has 186 valence electrons. The van der Waals surface area contributed by atoms with Gasteiger partial charge in [0.05, 0.1) is 23.8 Å². The molecule has 0 heterocycles. The van der Waals surface area contributed by atoms with Crippen molar-refractivity contribution in [2.24, 2.45) is 5.73 Å².